The first-order valence-corrected chi connectivity index (χ1v) is 7.14. The van der Waals surface area contributed by atoms with Crippen LogP contribution in [0.4, 0.5) is 0 Å². The van der Waals surface area contributed by atoms with E-state index in [0.717, 1.165) is 44.8 Å². The molecule has 0 aromatic rings. The van der Waals surface area contributed by atoms with Crippen LogP contribution in [0.1, 0.15) is 71.6 Å². The Kier molecular flexibility index (Phi) is 5.87. The molecule has 1 saturated carbocycles. The number of unbranched alkanes of at least 4 members (excludes halogenated alkanes) is 2. The molecule has 0 aromatic heterocycles. The van der Waals surface area contributed by atoms with Crippen LogP contribution >= 0.6 is 0 Å². The quantitative estimate of drug-likeness (QED) is 0.383. The van der Waals surface area contributed by atoms with Crippen LogP contribution in [0, 0.1) is 11.3 Å². The van der Waals surface area contributed by atoms with Crippen molar-refractivity contribution in [2.24, 2.45) is 11.3 Å². The lowest BCUT2D eigenvalue weighted by Gasteiger charge is -2.36. The van der Waals surface area contributed by atoms with Gasteiger partial charge in [0.15, 0.2) is 0 Å². The Labute approximate surface area is 105 Å². The van der Waals surface area contributed by atoms with Crippen molar-refractivity contribution >= 4 is 12.1 Å². The Bertz CT molecular complexity index is 254. The summed E-state index contributed by atoms with van der Waals surface area (Å²) in [7, 11) is 0. The van der Waals surface area contributed by atoms with Crippen LogP contribution in [0.3, 0.4) is 0 Å². The topological polar surface area (TPSA) is 34.1 Å². The van der Waals surface area contributed by atoms with Crippen LogP contribution in [-0.4, -0.2) is 12.1 Å². The fourth-order valence-electron chi connectivity index (χ4n) is 3.19. The Morgan fingerprint density at radius 1 is 1.24 bits per heavy atom. The zero-order valence-corrected chi connectivity index (χ0v) is 11.3. The fraction of sp³-hybridized carbons (Fsp3) is 0.867. The van der Waals surface area contributed by atoms with E-state index >= 15 is 0 Å². The van der Waals surface area contributed by atoms with Crippen molar-refractivity contribution in [2.45, 2.75) is 71.6 Å². The van der Waals surface area contributed by atoms with E-state index in [1.165, 1.54) is 19.3 Å². The average molecular weight is 238 g/mol. The standard InChI is InChI=1S/C15H26O2/c1-3-4-8-11-15(12-16,13(2)17)14-9-6-5-7-10-14/h12,14H,3-11H2,1-2H3. The van der Waals surface area contributed by atoms with E-state index < -0.39 is 5.41 Å². The molecule has 1 fully saturated rings. The van der Waals surface area contributed by atoms with Gasteiger partial charge in [-0.3, -0.25) is 4.79 Å². The van der Waals surface area contributed by atoms with E-state index in [4.69, 9.17) is 0 Å². The molecule has 1 unspecified atom stereocenters. The molecule has 2 nitrogen and oxygen atoms in total. The molecule has 0 aliphatic heterocycles. The average Bonchev–Trinajstić information content (AvgIpc) is 2.36. The zero-order valence-electron chi connectivity index (χ0n) is 11.3. The molecule has 2 heteroatoms. The molecule has 1 aliphatic rings. The summed E-state index contributed by atoms with van der Waals surface area (Å²) in [5.74, 6) is 0.401. The minimum atomic E-state index is -0.657. The molecule has 1 atom stereocenters. The first-order valence-electron chi connectivity index (χ1n) is 7.14. The highest BCUT2D eigenvalue weighted by molar-refractivity contribution is 5.97. The maximum Gasteiger partial charge on any atom is 0.143 e. The molecular weight excluding hydrogens is 212 g/mol. The minimum absolute atomic E-state index is 0.0931. The van der Waals surface area contributed by atoms with Gasteiger partial charge in [-0.15, -0.1) is 0 Å². The van der Waals surface area contributed by atoms with E-state index in [1.54, 1.807) is 6.92 Å². The molecule has 1 rings (SSSR count). The third-order valence-electron chi connectivity index (χ3n) is 4.39. The molecular formula is C15H26O2. The van der Waals surface area contributed by atoms with Gasteiger partial charge in [-0.1, -0.05) is 45.4 Å². The summed E-state index contributed by atoms with van der Waals surface area (Å²) in [6.45, 7) is 3.76. The number of carbonyl (C=O) groups excluding carboxylic acids is 2. The van der Waals surface area contributed by atoms with Gasteiger partial charge in [-0.05, 0) is 32.1 Å². The van der Waals surface area contributed by atoms with E-state index in [2.05, 4.69) is 6.92 Å². The molecule has 0 amide bonds. The van der Waals surface area contributed by atoms with Gasteiger partial charge >= 0.3 is 0 Å². The van der Waals surface area contributed by atoms with Crippen molar-refractivity contribution in [1.82, 2.24) is 0 Å². The summed E-state index contributed by atoms with van der Waals surface area (Å²) >= 11 is 0. The van der Waals surface area contributed by atoms with Gasteiger partial charge < -0.3 is 4.79 Å². The summed E-state index contributed by atoms with van der Waals surface area (Å²) in [4.78, 5) is 23.5. The number of hydrogen-bond donors (Lipinski definition) is 0. The van der Waals surface area contributed by atoms with Crippen molar-refractivity contribution in [2.75, 3.05) is 0 Å². The number of hydrogen-bond acceptors (Lipinski definition) is 2. The lowest BCUT2D eigenvalue weighted by Crippen LogP contribution is -2.40. The number of carbonyl (C=O) groups is 2. The summed E-state index contributed by atoms with van der Waals surface area (Å²) in [6, 6.07) is 0. The van der Waals surface area contributed by atoms with Crippen molar-refractivity contribution in [1.29, 1.82) is 0 Å². The Morgan fingerprint density at radius 2 is 1.88 bits per heavy atom. The molecule has 0 saturated heterocycles. The predicted octanol–water partition coefficient (Wildman–Crippen LogP) is 3.92. The minimum Gasteiger partial charge on any atom is -0.302 e. The van der Waals surface area contributed by atoms with Crippen molar-refractivity contribution < 1.29 is 9.59 Å². The van der Waals surface area contributed by atoms with Gasteiger partial charge in [-0.25, -0.2) is 0 Å². The zero-order chi connectivity index (χ0) is 12.7. The summed E-state index contributed by atoms with van der Waals surface area (Å²) in [5, 5.41) is 0. The van der Waals surface area contributed by atoms with Crippen molar-refractivity contribution in [3.05, 3.63) is 0 Å². The highest BCUT2D eigenvalue weighted by atomic mass is 16.1. The molecule has 17 heavy (non-hydrogen) atoms. The van der Waals surface area contributed by atoms with Gasteiger partial charge in [0, 0.05) is 0 Å². The number of Topliss-reactive ketones (excluding diaryl/α,β-unsaturated/α-hetero) is 1. The molecule has 0 heterocycles. The molecule has 0 N–H and O–H groups in total. The van der Waals surface area contributed by atoms with Crippen LogP contribution < -0.4 is 0 Å². The summed E-state index contributed by atoms with van der Waals surface area (Å²) < 4.78 is 0. The second-order valence-electron chi connectivity index (χ2n) is 5.51. The van der Waals surface area contributed by atoms with E-state index in [1.807, 2.05) is 0 Å². The first-order chi connectivity index (χ1) is 8.17. The van der Waals surface area contributed by atoms with E-state index in [-0.39, 0.29) is 5.78 Å². The van der Waals surface area contributed by atoms with Crippen LogP contribution in [0.25, 0.3) is 0 Å². The lowest BCUT2D eigenvalue weighted by atomic mass is 9.65. The van der Waals surface area contributed by atoms with Gasteiger partial charge in [0.1, 0.15) is 12.1 Å². The summed E-state index contributed by atoms with van der Waals surface area (Å²) in [6.07, 6.45) is 10.7. The van der Waals surface area contributed by atoms with Gasteiger partial charge in [0.05, 0.1) is 5.41 Å². The third-order valence-corrected chi connectivity index (χ3v) is 4.39. The highest BCUT2D eigenvalue weighted by Crippen LogP contribution is 2.41. The van der Waals surface area contributed by atoms with Crippen LogP contribution in [0.2, 0.25) is 0 Å². The fourth-order valence-corrected chi connectivity index (χ4v) is 3.19. The number of aldehydes is 1. The van der Waals surface area contributed by atoms with E-state index in [0.29, 0.717) is 5.92 Å². The molecule has 0 aromatic carbocycles. The molecule has 0 spiro atoms. The normalized spacial score (nSPS) is 20.8. The first kappa shape index (κ1) is 14.4. The van der Waals surface area contributed by atoms with Crippen molar-refractivity contribution in [3.63, 3.8) is 0 Å². The van der Waals surface area contributed by atoms with Gasteiger partial charge in [0.25, 0.3) is 0 Å². The van der Waals surface area contributed by atoms with Crippen LogP contribution in [-0.2, 0) is 9.59 Å². The molecule has 0 bridgehead atoms. The SMILES string of the molecule is CCCCCC(C=O)(C(C)=O)C1CCCCC1. The Balaban J connectivity index is 2.75. The van der Waals surface area contributed by atoms with Gasteiger partial charge in [-0.2, -0.15) is 0 Å². The predicted molar refractivity (Wildman–Crippen MR) is 69.9 cm³/mol. The monoisotopic (exact) mass is 238 g/mol. The van der Waals surface area contributed by atoms with Gasteiger partial charge in [0.2, 0.25) is 0 Å². The highest BCUT2D eigenvalue weighted by Gasteiger charge is 2.42. The number of rotatable bonds is 7. The van der Waals surface area contributed by atoms with Crippen molar-refractivity contribution in [3.8, 4) is 0 Å². The second kappa shape index (κ2) is 6.93. The largest absolute Gasteiger partial charge is 0.302 e. The second-order valence-corrected chi connectivity index (χ2v) is 5.51. The smallest absolute Gasteiger partial charge is 0.143 e. The third kappa shape index (κ3) is 3.40. The molecule has 0 radical (unpaired) electrons. The lowest BCUT2D eigenvalue weighted by molar-refractivity contribution is -0.138. The van der Waals surface area contributed by atoms with E-state index in [9.17, 15) is 9.59 Å². The Hall–Kier alpha value is -0.660. The van der Waals surface area contributed by atoms with Crippen LogP contribution in [0.15, 0.2) is 0 Å². The Morgan fingerprint density at radius 3 is 2.35 bits per heavy atom. The maximum atomic E-state index is 12.0. The molecule has 98 valence electrons. The molecule has 1 aliphatic carbocycles. The van der Waals surface area contributed by atoms with Crippen LogP contribution in [0.5, 0.6) is 0 Å². The summed E-state index contributed by atoms with van der Waals surface area (Å²) in [5.41, 5.74) is -0.657. The number of ketones is 1. The maximum absolute atomic E-state index is 12.0.